The Bertz CT molecular complexity index is 912. The van der Waals surface area contributed by atoms with E-state index in [1.807, 2.05) is 17.5 Å². The van der Waals surface area contributed by atoms with Crippen LogP contribution in [0.1, 0.15) is 10.5 Å². The maximum atomic E-state index is 12.6. The molecule has 0 saturated carbocycles. The number of aromatic nitrogens is 4. The topological polar surface area (TPSA) is 79.2 Å². The fourth-order valence-electron chi connectivity index (χ4n) is 2.98. The summed E-state index contributed by atoms with van der Waals surface area (Å²) in [7, 11) is 3.87. The predicted octanol–water partition coefficient (Wildman–Crippen LogP) is 1.94. The zero-order valence-corrected chi connectivity index (χ0v) is 16.1. The van der Waals surface area contributed by atoms with Crippen molar-refractivity contribution in [1.29, 1.82) is 0 Å². The van der Waals surface area contributed by atoms with Gasteiger partial charge in [0.05, 0.1) is 23.0 Å². The smallest absolute Gasteiger partial charge is 0.274 e. The lowest BCUT2D eigenvalue weighted by Gasteiger charge is -2.32. The van der Waals surface area contributed by atoms with Gasteiger partial charge in [-0.1, -0.05) is 6.07 Å². The van der Waals surface area contributed by atoms with Crippen molar-refractivity contribution in [2.75, 3.05) is 43.4 Å². The van der Waals surface area contributed by atoms with E-state index in [0.29, 0.717) is 17.3 Å². The Morgan fingerprint density at radius 1 is 1.15 bits per heavy atom. The molecule has 0 bridgehead atoms. The van der Waals surface area contributed by atoms with E-state index in [1.54, 1.807) is 41.5 Å². The fraction of sp³-hybridized carbons (Fsp3) is 0.333. The van der Waals surface area contributed by atoms with Crippen molar-refractivity contribution >= 4 is 28.9 Å². The van der Waals surface area contributed by atoms with Crippen molar-refractivity contribution in [2.45, 2.75) is 0 Å². The summed E-state index contributed by atoms with van der Waals surface area (Å²) in [4.78, 5) is 26.9. The van der Waals surface area contributed by atoms with Crippen LogP contribution in [0.5, 0.6) is 0 Å². The first kappa shape index (κ1) is 17.6. The number of carbonyl (C=O) groups is 1. The second kappa shape index (κ2) is 7.45. The van der Waals surface area contributed by atoms with Crippen LogP contribution in [0.4, 0.5) is 11.6 Å². The predicted molar refractivity (Wildman–Crippen MR) is 106 cm³/mol. The van der Waals surface area contributed by atoms with Gasteiger partial charge in [-0.05, 0) is 24.6 Å². The highest BCUT2D eigenvalue weighted by atomic mass is 32.1. The summed E-state index contributed by atoms with van der Waals surface area (Å²) in [6.07, 6.45) is 3.30. The van der Waals surface area contributed by atoms with Crippen LogP contribution in [-0.2, 0) is 7.05 Å². The Labute approximate surface area is 161 Å². The molecular formula is C18H21N7OS. The molecule has 0 spiro atoms. The molecule has 1 fully saturated rings. The number of nitrogens with one attached hydrogen (secondary N) is 1. The van der Waals surface area contributed by atoms with Crippen LogP contribution in [0.2, 0.25) is 0 Å². The zero-order valence-electron chi connectivity index (χ0n) is 15.3. The number of hydrogen-bond acceptors (Lipinski definition) is 7. The minimum atomic E-state index is -0.233. The Hall–Kier alpha value is -2.78. The first-order valence-corrected chi connectivity index (χ1v) is 9.63. The molecule has 4 rings (SSSR count). The first-order valence-electron chi connectivity index (χ1n) is 8.75. The largest absolute Gasteiger partial charge is 0.338 e. The van der Waals surface area contributed by atoms with Gasteiger partial charge in [0.15, 0.2) is 0 Å². The van der Waals surface area contributed by atoms with Crippen LogP contribution in [0, 0.1) is 0 Å². The number of thiophene rings is 1. The fourth-order valence-corrected chi connectivity index (χ4v) is 3.66. The number of likely N-dealkylation sites (N-methyl/N-ethyl adjacent to an activating group) is 1. The van der Waals surface area contributed by atoms with E-state index >= 15 is 0 Å². The molecule has 0 radical (unpaired) electrons. The van der Waals surface area contributed by atoms with Gasteiger partial charge in [-0.2, -0.15) is 5.10 Å². The number of anilines is 2. The van der Waals surface area contributed by atoms with Crippen molar-refractivity contribution in [3.63, 3.8) is 0 Å². The Morgan fingerprint density at radius 3 is 2.56 bits per heavy atom. The van der Waals surface area contributed by atoms with E-state index in [0.717, 1.165) is 36.8 Å². The first-order chi connectivity index (χ1) is 13.1. The highest BCUT2D eigenvalue weighted by molar-refractivity contribution is 7.13. The van der Waals surface area contributed by atoms with E-state index in [2.05, 4.69) is 37.2 Å². The normalized spacial score (nSPS) is 15.1. The molecule has 3 aromatic rings. The maximum absolute atomic E-state index is 12.6. The van der Waals surface area contributed by atoms with Crippen molar-refractivity contribution in [3.8, 4) is 10.6 Å². The second-order valence-electron chi connectivity index (χ2n) is 6.53. The molecule has 0 aliphatic carbocycles. The van der Waals surface area contributed by atoms with Gasteiger partial charge >= 0.3 is 0 Å². The highest BCUT2D eigenvalue weighted by Gasteiger charge is 2.18. The minimum absolute atomic E-state index is 0.233. The second-order valence-corrected chi connectivity index (χ2v) is 7.48. The lowest BCUT2D eigenvalue weighted by Crippen LogP contribution is -2.45. The Morgan fingerprint density at radius 2 is 1.89 bits per heavy atom. The van der Waals surface area contributed by atoms with E-state index in [1.165, 1.54) is 0 Å². The quantitative estimate of drug-likeness (QED) is 0.742. The van der Waals surface area contributed by atoms with Crippen LogP contribution in [0.3, 0.4) is 0 Å². The SMILES string of the molecule is CN1CCN(c2ncc(NC(=O)c3cc(-c4cccs4)nn3C)cn2)CC1. The molecule has 1 aliphatic heterocycles. The van der Waals surface area contributed by atoms with Crippen molar-refractivity contribution < 1.29 is 4.79 Å². The molecule has 140 valence electrons. The number of nitrogens with zero attached hydrogens (tertiary/aromatic N) is 6. The van der Waals surface area contributed by atoms with Gasteiger partial charge in [0.2, 0.25) is 5.95 Å². The third kappa shape index (κ3) is 3.83. The molecule has 1 N–H and O–H groups in total. The van der Waals surface area contributed by atoms with Crippen molar-refractivity contribution in [2.24, 2.45) is 7.05 Å². The molecule has 8 nitrogen and oxygen atoms in total. The molecule has 27 heavy (non-hydrogen) atoms. The van der Waals surface area contributed by atoms with E-state index in [4.69, 9.17) is 0 Å². The Balaban J connectivity index is 1.44. The van der Waals surface area contributed by atoms with Gasteiger partial charge in [0.25, 0.3) is 5.91 Å². The van der Waals surface area contributed by atoms with Crippen LogP contribution >= 0.6 is 11.3 Å². The number of rotatable bonds is 4. The lowest BCUT2D eigenvalue weighted by atomic mass is 10.3. The number of piperazine rings is 1. The molecule has 1 aliphatic rings. The summed E-state index contributed by atoms with van der Waals surface area (Å²) < 4.78 is 1.59. The summed E-state index contributed by atoms with van der Waals surface area (Å²) in [6.45, 7) is 3.80. The van der Waals surface area contributed by atoms with Crippen LogP contribution in [-0.4, -0.2) is 63.8 Å². The van der Waals surface area contributed by atoms with Gasteiger partial charge in [0.1, 0.15) is 11.4 Å². The molecule has 9 heteroatoms. The molecule has 0 atom stereocenters. The number of hydrogen-bond donors (Lipinski definition) is 1. The van der Waals surface area contributed by atoms with Crippen LogP contribution < -0.4 is 10.2 Å². The average molecular weight is 383 g/mol. The molecular weight excluding hydrogens is 362 g/mol. The molecule has 0 aromatic carbocycles. The van der Waals surface area contributed by atoms with Crippen molar-refractivity contribution in [3.05, 3.63) is 41.7 Å². The number of carbonyl (C=O) groups excluding carboxylic acids is 1. The summed E-state index contributed by atoms with van der Waals surface area (Å²) in [6, 6.07) is 5.74. The van der Waals surface area contributed by atoms with E-state index in [9.17, 15) is 4.79 Å². The molecule has 1 saturated heterocycles. The molecule has 4 heterocycles. The number of amides is 1. The summed E-state index contributed by atoms with van der Waals surface area (Å²) in [5.41, 5.74) is 1.85. The monoisotopic (exact) mass is 383 g/mol. The van der Waals surface area contributed by atoms with Gasteiger partial charge in [0, 0.05) is 33.2 Å². The van der Waals surface area contributed by atoms with Crippen LogP contribution in [0.25, 0.3) is 10.6 Å². The number of aryl methyl sites for hydroxylation is 1. The van der Waals surface area contributed by atoms with Crippen LogP contribution in [0.15, 0.2) is 36.0 Å². The molecule has 1 amide bonds. The maximum Gasteiger partial charge on any atom is 0.274 e. The summed E-state index contributed by atoms with van der Waals surface area (Å²) >= 11 is 1.59. The van der Waals surface area contributed by atoms with Gasteiger partial charge in [-0.15, -0.1) is 11.3 Å². The molecule has 3 aromatic heterocycles. The lowest BCUT2D eigenvalue weighted by molar-refractivity contribution is 0.101. The van der Waals surface area contributed by atoms with Gasteiger partial charge in [-0.3, -0.25) is 9.48 Å². The summed E-state index contributed by atoms with van der Waals surface area (Å²) in [5.74, 6) is 0.463. The Kier molecular flexibility index (Phi) is 4.87. The summed E-state index contributed by atoms with van der Waals surface area (Å²) in [5, 5.41) is 9.26. The van der Waals surface area contributed by atoms with E-state index < -0.39 is 0 Å². The van der Waals surface area contributed by atoms with Gasteiger partial charge in [-0.25, -0.2) is 9.97 Å². The standard InChI is InChI=1S/C18H21N7OS/c1-23-5-7-25(8-6-23)18-19-11-13(12-20-18)21-17(26)15-10-14(22-24(15)2)16-4-3-9-27-16/h3-4,9-12H,5-8H2,1-2H3,(H,21,26). The molecule has 0 unspecified atom stereocenters. The minimum Gasteiger partial charge on any atom is -0.338 e. The zero-order chi connectivity index (χ0) is 18.8. The van der Waals surface area contributed by atoms with E-state index in [-0.39, 0.29) is 5.91 Å². The average Bonchev–Trinajstić information content (AvgIpc) is 3.33. The highest BCUT2D eigenvalue weighted by Crippen LogP contribution is 2.24. The van der Waals surface area contributed by atoms with Crippen molar-refractivity contribution in [1.82, 2.24) is 24.6 Å². The third-order valence-electron chi connectivity index (χ3n) is 4.57. The third-order valence-corrected chi connectivity index (χ3v) is 5.46. The van der Waals surface area contributed by atoms with Gasteiger partial charge < -0.3 is 15.1 Å².